The summed E-state index contributed by atoms with van der Waals surface area (Å²) >= 11 is 5.57. The SMILES string of the molecule is C[C@H](O)[C@H](N)c1cc(Cl)cc(C(F)(F)F)c1. The van der Waals surface area contributed by atoms with Crippen LogP contribution in [0, 0.1) is 0 Å². The van der Waals surface area contributed by atoms with Crippen LogP contribution < -0.4 is 5.73 Å². The summed E-state index contributed by atoms with van der Waals surface area (Å²) in [6.07, 6.45) is -5.42. The minimum absolute atomic E-state index is 0.0547. The molecule has 0 radical (unpaired) electrons. The van der Waals surface area contributed by atoms with E-state index in [1.807, 2.05) is 0 Å². The van der Waals surface area contributed by atoms with E-state index in [1.165, 1.54) is 13.0 Å². The fourth-order valence-corrected chi connectivity index (χ4v) is 1.49. The predicted molar refractivity (Wildman–Crippen MR) is 55.1 cm³/mol. The van der Waals surface area contributed by atoms with Gasteiger partial charge in [-0.15, -0.1) is 0 Å². The van der Waals surface area contributed by atoms with Crippen LogP contribution >= 0.6 is 11.6 Å². The van der Waals surface area contributed by atoms with Crippen LogP contribution in [0.1, 0.15) is 24.1 Å². The second-order valence-electron chi connectivity index (χ2n) is 3.54. The molecule has 2 nitrogen and oxygen atoms in total. The number of hydrogen-bond acceptors (Lipinski definition) is 2. The molecule has 6 heteroatoms. The lowest BCUT2D eigenvalue weighted by Crippen LogP contribution is -2.23. The third-order valence-corrected chi connectivity index (χ3v) is 2.37. The van der Waals surface area contributed by atoms with Gasteiger partial charge in [-0.25, -0.2) is 0 Å². The summed E-state index contributed by atoms with van der Waals surface area (Å²) in [7, 11) is 0. The number of rotatable bonds is 2. The van der Waals surface area contributed by atoms with Crippen LogP contribution in [0.15, 0.2) is 18.2 Å². The second-order valence-corrected chi connectivity index (χ2v) is 3.97. The highest BCUT2D eigenvalue weighted by atomic mass is 35.5. The van der Waals surface area contributed by atoms with Crippen molar-refractivity contribution in [3.63, 3.8) is 0 Å². The van der Waals surface area contributed by atoms with E-state index in [2.05, 4.69) is 0 Å². The lowest BCUT2D eigenvalue weighted by Gasteiger charge is -2.17. The van der Waals surface area contributed by atoms with Gasteiger partial charge in [-0.3, -0.25) is 0 Å². The number of benzene rings is 1. The van der Waals surface area contributed by atoms with Crippen LogP contribution in [0.5, 0.6) is 0 Å². The minimum atomic E-state index is -4.47. The number of aliphatic hydroxyl groups is 1. The fraction of sp³-hybridized carbons (Fsp3) is 0.400. The number of aliphatic hydroxyl groups excluding tert-OH is 1. The Labute approximate surface area is 95.8 Å². The van der Waals surface area contributed by atoms with Crippen LogP contribution in [0.3, 0.4) is 0 Å². The number of nitrogens with two attached hydrogens (primary N) is 1. The molecular formula is C10H11ClF3NO. The topological polar surface area (TPSA) is 46.2 Å². The molecule has 0 fully saturated rings. The van der Waals surface area contributed by atoms with Gasteiger partial charge in [0.1, 0.15) is 0 Å². The van der Waals surface area contributed by atoms with Gasteiger partial charge in [0.15, 0.2) is 0 Å². The van der Waals surface area contributed by atoms with E-state index in [-0.39, 0.29) is 10.6 Å². The Morgan fingerprint density at radius 1 is 1.31 bits per heavy atom. The van der Waals surface area contributed by atoms with Gasteiger partial charge in [-0.1, -0.05) is 11.6 Å². The van der Waals surface area contributed by atoms with Gasteiger partial charge in [0.05, 0.1) is 17.7 Å². The van der Waals surface area contributed by atoms with E-state index in [4.69, 9.17) is 17.3 Å². The molecule has 0 aromatic heterocycles. The monoisotopic (exact) mass is 253 g/mol. The Morgan fingerprint density at radius 2 is 1.88 bits per heavy atom. The molecule has 0 aliphatic heterocycles. The van der Waals surface area contributed by atoms with Gasteiger partial charge in [-0.05, 0) is 30.7 Å². The highest BCUT2D eigenvalue weighted by molar-refractivity contribution is 6.30. The Hall–Kier alpha value is -0.780. The maximum atomic E-state index is 12.5. The van der Waals surface area contributed by atoms with Crippen molar-refractivity contribution >= 4 is 11.6 Å². The molecule has 3 N–H and O–H groups in total. The molecule has 0 saturated heterocycles. The second kappa shape index (κ2) is 4.61. The van der Waals surface area contributed by atoms with Crippen molar-refractivity contribution in [2.24, 2.45) is 5.73 Å². The van der Waals surface area contributed by atoms with E-state index in [0.717, 1.165) is 12.1 Å². The first-order chi connectivity index (χ1) is 7.21. The van der Waals surface area contributed by atoms with E-state index < -0.39 is 23.9 Å². The zero-order valence-corrected chi connectivity index (χ0v) is 9.18. The molecule has 0 heterocycles. The van der Waals surface area contributed by atoms with E-state index in [9.17, 15) is 18.3 Å². The fourth-order valence-electron chi connectivity index (χ4n) is 1.25. The summed E-state index contributed by atoms with van der Waals surface area (Å²) in [5, 5.41) is 9.15. The molecule has 16 heavy (non-hydrogen) atoms. The third kappa shape index (κ3) is 3.10. The summed E-state index contributed by atoms with van der Waals surface area (Å²) in [5.74, 6) is 0. The largest absolute Gasteiger partial charge is 0.416 e. The maximum absolute atomic E-state index is 12.5. The van der Waals surface area contributed by atoms with Crippen molar-refractivity contribution in [2.45, 2.75) is 25.2 Å². The van der Waals surface area contributed by atoms with Gasteiger partial charge in [0.2, 0.25) is 0 Å². The molecule has 1 aromatic rings. The zero-order valence-electron chi connectivity index (χ0n) is 8.42. The minimum Gasteiger partial charge on any atom is -0.391 e. The van der Waals surface area contributed by atoms with Crippen LogP contribution in [-0.2, 0) is 6.18 Å². The van der Waals surface area contributed by atoms with Crippen LogP contribution in [0.4, 0.5) is 13.2 Å². The molecular weight excluding hydrogens is 243 g/mol. The quantitative estimate of drug-likeness (QED) is 0.851. The van der Waals surface area contributed by atoms with Crippen LogP contribution in [0.2, 0.25) is 5.02 Å². The van der Waals surface area contributed by atoms with Crippen molar-refractivity contribution in [3.05, 3.63) is 34.3 Å². The van der Waals surface area contributed by atoms with Gasteiger partial charge < -0.3 is 10.8 Å². The summed E-state index contributed by atoms with van der Waals surface area (Å²) in [6, 6.07) is 2.14. The molecule has 1 rings (SSSR count). The Balaban J connectivity index is 3.18. The predicted octanol–water partition coefficient (Wildman–Crippen LogP) is 2.74. The smallest absolute Gasteiger partial charge is 0.391 e. The van der Waals surface area contributed by atoms with Crippen molar-refractivity contribution in [3.8, 4) is 0 Å². The third-order valence-electron chi connectivity index (χ3n) is 2.15. The Kier molecular flexibility index (Phi) is 3.83. The summed E-state index contributed by atoms with van der Waals surface area (Å²) in [5.41, 5.74) is 4.84. The molecule has 0 aliphatic carbocycles. The summed E-state index contributed by atoms with van der Waals surface area (Å²) < 4.78 is 37.4. The number of halogens is 4. The highest BCUT2D eigenvalue weighted by Gasteiger charge is 2.31. The van der Waals surface area contributed by atoms with Gasteiger partial charge >= 0.3 is 6.18 Å². The molecule has 0 bridgehead atoms. The molecule has 2 atom stereocenters. The molecule has 0 unspecified atom stereocenters. The van der Waals surface area contributed by atoms with Gasteiger partial charge in [0, 0.05) is 5.02 Å². The first kappa shape index (κ1) is 13.3. The van der Waals surface area contributed by atoms with Crippen LogP contribution in [0.25, 0.3) is 0 Å². The summed E-state index contributed by atoms with van der Waals surface area (Å²) in [4.78, 5) is 0. The van der Waals surface area contributed by atoms with Gasteiger partial charge in [0.25, 0.3) is 0 Å². The van der Waals surface area contributed by atoms with Gasteiger partial charge in [-0.2, -0.15) is 13.2 Å². The maximum Gasteiger partial charge on any atom is 0.416 e. The van der Waals surface area contributed by atoms with E-state index in [0.29, 0.717) is 0 Å². The number of hydrogen-bond donors (Lipinski definition) is 2. The van der Waals surface area contributed by atoms with Crippen molar-refractivity contribution in [1.82, 2.24) is 0 Å². The zero-order chi connectivity index (χ0) is 12.5. The average Bonchev–Trinajstić information content (AvgIpc) is 2.14. The molecule has 0 amide bonds. The first-order valence-electron chi connectivity index (χ1n) is 4.53. The van der Waals surface area contributed by atoms with Crippen molar-refractivity contribution in [1.29, 1.82) is 0 Å². The molecule has 0 spiro atoms. The summed E-state index contributed by atoms with van der Waals surface area (Å²) in [6.45, 7) is 1.40. The molecule has 0 saturated carbocycles. The average molecular weight is 254 g/mol. The highest BCUT2D eigenvalue weighted by Crippen LogP contribution is 2.33. The standard InChI is InChI=1S/C10H11ClF3NO/c1-5(16)9(15)6-2-7(10(12,13)14)4-8(11)3-6/h2-5,9,16H,15H2,1H3/t5-,9-/m0/s1. The lowest BCUT2D eigenvalue weighted by atomic mass is 10.0. The van der Waals surface area contributed by atoms with Crippen LogP contribution in [-0.4, -0.2) is 11.2 Å². The normalized spacial score (nSPS) is 15.9. The van der Waals surface area contributed by atoms with E-state index in [1.54, 1.807) is 0 Å². The lowest BCUT2D eigenvalue weighted by molar-refractivity contribution is -0.137. The Bertz CT molecular complexity index is 379. The number of alkyl halides is 3. The molecule has 0 aliphatic rings. The van der Waals surface area contributed by atoms with Crippen molar-refractivity contribution in [2.75, 3.05) is 0 Å². The first-order valence-corrected chi connectivity index (χ1v) is 4.91. The molecule has 90 valence electrons. The molecule has 1 aromatic carbocycles. The Morgan fingerprint density at radius 3 is 2.31 bits per heavy atom. The van der Waals surface area contributed by atoms with E-state index >= 15 is 0 Å². The van der Waals surface area contributed by atoms with Crippen molar-refractivity contribution < 1.29 is 18.3 Å².